The van der Waals surface area contributed by atoms with E-state index in [0.29, 0.717) is 0 Å². The van der Waals surface area contributed by atoms with Crippen LogP contribution in [0, 0.1) is 5.92 Å². The number of hydrogen-bond donors (Lipinski definition) is 3. The van der Waals surface area contributed by atoms with Gasteiger partial charge in [0.25, 0.3) is 0 Å². The van der Waals surface area contributed by atoms with Crippen molar-refractivity contribution in [2.45, 2.75) is 84.1 Å². The van der Waals surface area contributed by atoms with Crippen molar-refractivity contribution >= 4 is 17.8 Å². The van der Waals surface area contributed by atoms with E-state index in [0.717, 1.165) is 12.8 Å². The van der Waals surface area contributed by atoms with Crippen LogP contribution in [0.15, 0.2) is 0 Å². The van der Waals surface area contributed by atoms with E-state index < -0.39 is 18.0 Å². The monoisotopic (exact) mass is 329 g/mol. The number of hydrogen-bond acceptors (Lipinski definition) is 3. The van der Waals surface area contributed by atoms with Crippen LogP contribution in [-0.4, -0.2) is 34.1 Å². The highest BCUT2D eigenvalue weighted by molar-refractivity contribution is 5.84. The van der Waals surface area contributed by atoms with Crippen LogP contribution in [0.5, 0.6) is 0 Å². The summed E-state index contributed by atoms with van der Waals surface area (Å²) in [6.07, 6.45) is 8.10. The van der Waals surface area contributed by atoms with E-state index in [1.165, 1.54) is 32.1 Å². The van der Waals surface area contributed by atoms with Crippen LogP contribution in [0.25, 0.3) is 0 Å². The van der Waals surface area contributed by atoms with Crippen LogP contribution in [-0.2, 0) is 14.4 Å². The summed E-state index contributed by atoms with van der Waals surface area (Å²) in [5.41, 5.74) is 0. The molecule has 1 amide bonds. The summed E-state index contributed by atoms with van der Waals surface area (Å²) in [4.78, 5) is 33.4. The van der Waals surface area contributed by atoms with Gasteiger partial charge in [-0.3, -0.25) is 9.59 Å². The number of aliphatic carboxylic acids is 2. The summed E-state index contributed by atoms with van der Waals surface area (Å²) < 4.78 is 0. The molecule has 0 radical (unpaired) electrons. The number of nitrogens with one attached hydrogen (secondary N) is 1. The molecule has 2 atom stereocenters. The largest absolute Gasteiger partial charge is 0.481 e. The second-order valence-corrected chi connectivity index (χ2v) is 6.26. The van der Waals surface area contributed by atoms with Crippen molar-refractivity contribution in [3.05, 3.63) is 0 Å². The summed E-state index contributed by atoms with van der Waals surface area (Å²) in [6.45, 7) is 4.17. The molecule has 0 saturated heterocycles. The van der Waals surface area contributed by atoms with E-state index in [9.17, 15) is 14.4 Å². The molecule has 1 unspecified atom stereocenters. The standard InChI is InChI=1S/C17H31NO5/c1-3-4-5-6-7-8-9-13(2)12-15(19)18-14(17(22)23)10-11-16(20)21/h13-14H,3-12H2,1-2H3,(H,18,19)(H,20,21)(H,22,23)/t13?,14-/m0/s1. The van der Waals surface area contributed by atoms with Gasteiger partial charge in [0.05, 0.1) is 0 Å². The van der Waals surface area contributed by atoms with Crippen LogP contribution in [0.2, 0.25) is 0 Å². The third kappa shape index (κ3) is 12.6. The average molecular weight is 329 g/mol. The van der Waals surface area contributed by atoms with Gasteiger partial charge in [-0.2, -0.15) is 0 Å². The van der Waals surface area contributed by atoms with Crippen molar-refractivity contribution in [3.63, 3.8) is 0 Å². The molecule has 0 bridgehead atoms. The number of unbranched alkanes of at least 4 members (excludes halogenated alkanes) is 5. The van der Waals surface area contributed by atoms with Crippen LogP contribution < -0.4 is 5.32 Å². The molecule has 6 nitrogen and oxygen atoms in total. The maximum absolute atomic E-state index is 11.9. The van der Waals surface area contributed by atoms with Crippen molar-refractivity contribution in [2.75, 3.05) is 0 Å². The molecular formula is C17H31NO5. The highest BCUT2D eigenvalue weighted by atomic mass is 16.4. The Morgan fingerprint density at radius 2 is 1.57 bits per heavy atom. The fourth-order valence-corrected chi connectivity index (χ4v) is 2.47. The highest BCUT2D eigenvalue weighted by Crippen LogP contribution is 2.15. The van der Waals surface area contributed by atoms with Gasteiger partial charge in [-0.25, -0.2) is 4.79 Å². The van der Waals surface area contributed by atoms with Gasteiger partial charge in [0.15, 0.2) is 0 Å². The summed E-state index contributed by atoms with van der Waals surface area (Å²) in [5, 5.41) is 20.0. The number of carboxylic acids is 2. The molecule has 3 N–H and O–H groups in total. The predicted molar refractivity (Wildman–Crippen MR) is 88.2 cm³/mol. The molecule has 0 saturated carbocycles. The van der Waals surface area contributed by atoms with Crippen LogP contribution in [0.4, 0.5) is 0 Å². The molecule has 0 aromatic heterocycles. The van der Waals surface area contributed by atoms with E-state index in [1.54, 1.807) is 0 Å². The molecule has 0 aromatic carbocycles. The quantitative estimate of drug-likeness (QED) is 0.425. The van der Waals surface area contributed by atoms with Crippen molar-refractivity contribution in [1.29, 1.82) is 0 Å². The van der Waals surface area contributed by atoms with Crippen molar-refractivity contribution in [2.24, 2.45) is 5.92 Å². The Labute approximate surface area is 138 Å². The van der Waals surface area contributed by atoms with Crippen LogP contribution >= 0.6 is 0 Å². The minimum absolute atomic E-state index is 0.0950. The normalized spacial score (nSPS) is 13.3. The smallest absolute Gasteiger partial charge is 0.326 e. The minimum atomic E-state index is -1.19. The van der Waals surface area contributed by atoms with Crippen molar-refractivity contribution < 1.29 is 24.6 Å². The number of carbonyl (C=O) groups excluding carboxylic acids is 1. The number of amides is 1. The van der Waals surface area contributed by atoms with Crippen LogP contribution in [0.3, 0.4) is 0 Å². The molecular weight excluding hydrogens is 298 g/mol. The second kappa shape index (κ2) is 12.9. The summed E-state index contributed by atoms with van der Waals surface area (Å²) in [7, 11) is 0. The Morgan fingerprint density at radius 1 is 0.957 bits per heavy atom. The average Bonchev–Trinajstić information content (AvgIpc) is 2.46. The number of carbonyl (C=O) groups is 3. The fraction of sp³-hybridized carbons (Fsp3) is 0.824. The lowest BCUT2D eigenvalue weighted by Gasteiger charge is -2.16. The van der Waals surface area contributed by atoms with E-state index in [1.807, 2.05) is 6.92 Å². The molecule has 0 rings (SSSR count). The van der Waals surface area contributed by atoms with Gasteiger partial charge in [-0.05, 0) is 12.3 Å². The first-order valence-corrected chi connectivity index (χ1v) is 8.60. The summed E-state index contributed by atoms with van der Waals surface area (Å²) >= 11 is 0. The molecule has 0 spiro atoms. The lowest BCUT2D eigenvalue weighted by molar-refractivity contribution is -0.143. The minimum Gasteiger partial charge on any atom is -0.481 e. The summed E-state index contributed by atoms with van der Waals surface area (Å²) in [5.74, 6) is -2.37. The van der Waals surface area contributed by atoms with E-state index >= 15 is 0 Å². The van der Waals surface area contributed by atoms with Gasteiger partial charge in [0, 0.05) is 12.8 Å². The SMILES string of the molecule is CCCCCCCCC(C)CC(=O)N[C@@H](CCC(=O)O)C(=O)O. The van der Waals surface area contributed by atoms with Crippen molar-refractivity contribution in [3.8, 4) is 0 Å². The summed E-state index contributed by atoms with van der Waals surface area (Å²) in [6, 6.07) is -1.13. The maximum atomic E-state index is 11.9. The third-order valence-corrected chi connectivity index (χ3v) is 3.86. The van der Waals surface area contributed by atoms with Crippen molar-refractivity contribution in [1.82, 2.24) is 5.32 Å². The molecule has 0 fully saturated rings. The van der Waals surface area contributed by atoms with Gasteiger partial charge < -0.3 is 15.5 Å². The van der Waals surface area contributed by atoms with Gasteiger partial charge in [0.1, 0.15) is 6.04 Å². The molecule has 23 heavy (non-hydrogen) atoms. The Hall–Kier alpha value is -1.59. The first-order valence-electron chi connectivity index (χ1n) is 8.60. The van der Waals surface area contributed by atoms with E-state index in [-0.39, 0.29) is 31.1 Å². The zero-order chi connectivity index (χ0) is 17.7. The van der Waals surface area contributed by atoms with Gasteiger partial charge in [-0.1, -0.05) is 58.8 Å². The molecule has 6 heteroatoms. The molecule has 0 aromatic rings. The predicted octanol–water partition coefficient (Wildman–Crippen LogP) is 3.20. The van der Waals surface area contributed by atoms with Gasteiger partial charge in [0.2, 0.25) is 5.91 Å². The van der Waals surface area contributed by atoms with Gasteiger partial charge >= 0.3 is 11.9 Å². The molecule has 0 aliphatic rings. The topological polar surface area (TPSA) is 104 Å². The Bertz CT molecular complexity index is 370. The fourth-order valence-electron chi connectivity index (χ4n) is 2.47. The molecule has 0 aliphatic heterocycles. The Kier molecular flexibility index (Phi) is 12.0. The number of rotatable bonds is 14. The van der Waals surface area contributed by atoms with E-state index in [2.05, 4.69) is 12.2 Å². The zero-order valence-corrected chi connectivity index (χ0v) is 14.3. The Morgan fingerprint density at radius 3 is 2.13 bits per heavy atom. The first-order chi connectivity index (χ1) is 10.9. The van der Waals surface area contributed by atoms with E-state index in [4.69, 9.17) is 10.2 Å². The van der Waals surface area contributed by atoms with Crippen LogP contribution in [0.1, 0.15) is 78.1 Å². The molecule has 134 valence electrons. The Balaban J connectivity index is 3.95. The zero-order valence-electron chi connectivity index (χ0n) is 14.3. The highest BCUT2D eigenvalue weighted by Gasteiger charge is 2.21. The lowest BCUT2D eigenvalue weighted by atomic mass is 9.98. The third-order valence-electron chi connectivity index (χ3n) is 3.86. The molecule has 0 heterocycles. The molecule has 0 aliphatic carbocycles. The van der Waals surface area contributed by atoms with Gasteiger partial charge in [-0.15, -0.1) is 0 Å². The first kappa shape index (κ1) is 21.4. The lowest BCUT2D eigenvalue weighted by Crippen LogP contribution is -2.41. The second-order valence-electron chi connectivity index (χ2n) is 6.26. The maximum Gasteiger partial charge on any atom is 0.326 e. The number of carboxylic acid groups (broad SMARTS) is 2.